The standard InChI is InChI=1S/C20H15NO5/c1-21-10-16(15-4-2-3-5-17(15)21)20(24)25-11-12-8-19(23)26-18-9-13(22)6-7-14(12)18/h2-10,22H,11H2,1H3. The number of aryl methyl sites for hydroxylation is 1. The average molecular weight is 349 g/mol. The summed E-state index contributed by atoms with van der Waals surface area (Å²) in [6, 6.07) is 13.3. The summed E-state index contributed by atoms with van der Waals surface area (Å²) in [5, 5.41) is 10.9. The smallest absolute Gasteiger partial charge is 0.340 e. The topological polar surface area (TPSA) is 81.7 Å². The molecular formula is C20H15NO5. The Labute approximate surface area is 147 Å². The van der Waals surface area contributed by atoms with E-state index in [-0.39, 0.29) is 17.9 Å². The van der Waals surface area contributed by atoms with Crippen LogP contribution in [-0.4, -0.2) is 15.6 Å². The summed E-state index contributed by atoms with van der Waals surface area (Å²) < 4.78 is 12.4. The third-order valence-electron chi connectivity index (χ3n) is 4.29. The van der Waals surface area contributed by atoms with Crippen molar-refractivity contribution in [1.82, 2.24) is 4.57 Å². The molecule has 0 spiro atoms. The van der Waals surface area contributed by atoms with Crippen LogP contribution in [0.5, 0.6) is 5.75 Å². The number of hydrogen-bond donors (Lipinski definition) is 1. The lowest BCUT2D eigenvalue weighted by Gasteiger charge is -2.07. The van der Waals surface area contributed by atoms with Gasteiger partial charge in [0.15, 0.2) is 0 Å². The lowest BCUT2D eigenvalue weighted by Crippen LogP contribution is -2.07. The van der Waals surface area contributed by atoms with Gasteiger partial charge >= 0.3 is 11.6 Å². The van der Waals surface area contributed by atoms with Gasteiger partial charge in [-0.25, -0.2) is 9.59 Å². The molecule has 0 unspecified atom stereocenters. The van der Waals surface area contributed by atoms with Gasteiger partial charge in [-0.15, -0.1) is 0 Å². The molecule has 2 aromatic heterocycles. The van der Waals surface area contributed by atoms with Gasteiger partial charge in [0.2, 0.25) is 0 Å². The number of phenols is 1. The van der Waals surface area contributed by atoms with Crippen molar-refractivity contribution in [2.45, 2.75) is 6.61 Å². The highest BCUT2D eigenvalue weighted by Crippen LogP contribution is 2.24. The lowest BCUT2D eigenvalue weighted by molar-refractivity contribution is 0.0476. The summed E-state index contributed by atoms with van der Waals surface area (Å²) in [5.41, 5.74) is 1.59. The predicted octanol–water partition coefficient (Wildman–Crippen LogP) is 3.35. The Morgan fingerprint density at radius 2 is 1.96 bits per heavy atom. The number of para-hydroxylation sites is 1. The van der Waals surface area contributed by atoms with E-state index in [0.717, 1.165) is 10.9 Å². The number of fused-ring (bicyclic) bond motifs is 2. The fraction of sp³-hybridized carbons (Fsp3) is 0.100. The molecule has 4 rings (SSSR count). The van der Waals surface area contributed by atoms with E-state index >= 15 is 0 Å². The summed E-state index contributed by atoms with van der Waals surface area (Å²) in [5.74, 6) is -0.479. The summed E-state index contributed by atoms with van der Waals surface area (Å²) >= 11 is 0. The number of rotatable bonds is 3. The molecule has 2 aromatic carbocycles. The van der Waals surface area contributed by atoms with Crippen molar-refractivity contribution in [2.75, 3.05) is 0 Å². The molecule has 0 saturated heterocycles. The number of benzene rings is 2. The second-order valence-electron chi connectivity index (χ2n) is 6.02. The number of carbonyl (C=O) groups excluding carboxylic acids is 1. The molecule has 0 bridgehead atoms. The van der Waals surface area contributed by atoms with Crippen LogP contribution >= 0.6 is 0 Å². The molecule has 6 nitrogen and oxygen atoms in total. The number of hydrogen-bond acceptors (Lipinski definition) is 5. The third kappa shape index (κ3) is 2.71. The average Bonchev–Trinajstić information content (AvgIpc) is 2.96. The van der Waals surface area contributed by atoms with E-state index in [1.165, 1.54) is 18.2 Å². The van der Waals surface area contributed by atoms with Gasteiger partial charge in [0.25, 0.3) is 0 Å². The van der Waals surface area contributed by atoms with Crippen LogP contribution in [-0.2, 0) is 18.4 Å². The maximum absolute atomic E-state index is 12.5. The molecule has 0 atom stereocenters. The van der Waals surface area contributed by atoms with Gasteiger partial charge in [-0.05, 0) is 18.2 Å². The Hall–Kier alpha value is -3.54. The Morgan fingerprint density at radius 1 is 1.15 bits per heavy atom. The van der Waals surface area contributed by atoms with Gasteiger partial charge < -0.3 is 18.8 Å². The van der Waals surface area contributed by atoms with E-state index in [4.69, 9.17) is 9.15 Å². The zero-order valence-electron chi connectivity index (χ0n) is 13.9. The van der Waals surface area contributed by atoms with Crippen LogP contribution in [0.25, 0.3) is 21.9 Å². The highest BCUT2D eigenvalue weighted by Gasteiger charge is 2.16. The zero-order chi connectivity index (χ0) is 18.3. The van der Waals surface area contributed by atoms with Crippen molar-refractivity contribution in [1.29, 1.82) is 0 Å². The first-order chi connectivity index (χ1) is 12.5. The first kappa shape index (κ1) is 16.0. The molecule has 0 fully saturated rings. The van der Waals surface area contributed by atoms with E-state index in [1.807, 2.05) is 35.9 Å². The van der Waals surface area contributed by atoms with Gasteiger partial charge in [0.1, 0.15) is 17.9 Å². The minimum atomic E-state index is -0.570. The Morgan fingerprint density at radius 3 is 2.81 bits per heavy atom. The lowest BCUT2D eigenvalue weighted by atomic mass is 10.1. The minimum absolute atomic E-state index is 0.00875. The van der Waals surface area contributed by atoms with Crippen LogP contribution in [0.4, 0.5) is 0 Å². The van der Waals surface area contributed by atoms with Crippen LogP contribution in [0.2, 0.25) is 0 Å². The van der Waals surface area contributed by atoms with Gasteiger partial charge in [0, 0.05) is 47.2 Å². The highest BCUT2D eigenvalue weighted by molar-refractivity contribution is 6.04. The first-order valence-electron chi connectivity index (χ1n) is 8.00. The van der Waals surface area contributed by atoms with Gasteiger partial charge in [-0.1, -0.05) is 18.2 Å². The second-order valence-corrected chi connectivity index (χ2v) is 6.02. The molecule has 0 radical (unpaired) electrons. The van der Waals surface area contributed by atoms with Crippen LogP contribution < -0.4 is 5.63 Å². The van der Waals surface area contributed by atoms with Crippen LogP contribution in [0.3, 0.4) is 0 Å². The number of carbonyl (C=O) groups is 1. The number of aromatic hydroxyl groups is 1. The largest absolute Gasteiger partial charge is 0.508 e. The Balaban J connectivity index is 1.66. The van der Waals surface area contributed by atoms with E-state index in [1.54, 1.807) is 12.3 Å². The molecule has 2 heterocycles. The number of aromatic nitrogens is 1. The summed E-state index contributed by atoms with van der Waals surface area (Å²) in [6.45, 7) is -0.0745. The maximum atomic E-state index is 12.5. The van der Waals surface area contributed by atoms with E-state index in [0.29, 0.717) is 16.5 Å². The predicted molar refractivity (Wildman–Crippen MR) is 96.2 cm³/mol. The fourth-order valence-corrected chi connectivity index (χ4v) is 3.06. The molecule has 0 aliphatic carbocycles. The van der Waals surface area contributed by atoms with Crippen molar-refractivity contribution >= 4 is 27.8 Å². The highest BCUT2D eigenvalue weighted by atomic mass is 16.5. The molecule has 4 aromatic rings. The van der Waals surface area contributed by atoms with Crippen molar-refractivity contribution in [3.63, 3.8) is 0 Å². The zero-order valence-corrected chi connectivity index (χ0v) is 13.9. The number of nitrogens with zero attached hydrogens (tertiary/aromatic N) is 1. The van der Waals surface area contributed by atoms with Crippen molar-refractivity contribution in [3.05, 3.63) is 76.3 Å². The van der Waals surface area contributed by atoms with Crippen LogP contribution in [0.1, 0.15) is 15.9 Å². The molecule has 0 aliphatic heterocycles. The Bertz CT molecular complexity index is 1200. The summed E-state index contributed by atoms with van der Waals surface area (Å²) in [7, 11) is 1.86. The van der Waals surface area contributed by atoms with Crippen LogP contribution in [0, 0.1) is 0 Å². The Kier molecular flexibility index (Phi) is 3.73. The molecular weight excluding hydrogens is 334 g/mol. The molecule has 0 aliphatic rings. The second kappa shape index (κ2) is 6.07. The van der Waals surface area contributed by atoms with Crippen molar-refractivity contribution < 1.29 is 19.1 Å². The van der Waals surface area contributed by atoms with Crippen LogP contribution in [0.15, 0.2) is 63.9 Å². The minimum Gasteiger partial charge on any atom is -0.508 e. The van der Waals surface area contributed by atoms with E-state index in [9.17, 15) is 14.7 Å². The molecule has 0 amide bonds. The summed E-state index contributed by atoms with van der Waals surface area (Å²) in [4.78, 5) is 24.3. The quantitative estimate of drug-likeness (QED) is 0.453. The molecule has 130 valence electrons. The first-order valence-corrected chi connectivity index (χ1v) is 8.00. The van der Waals surface area contributed by atoms with Crippen molar-refractivity contribution in [2.24, 2.45) is 7.05 Å². The van der Waals surface area contributed by atoms with Gasteiger partial charge in [-0.3, -0.25) is 0 Å². The molecule has 1 N–H and O–H groups in total. The number of esters is 1. The normalized spacial score (nSPS) is 11.1. The fourth-order valence-electron chi connectivity index (χ4n) is 3.06. The molecule has 26 heavy (non-hydrogen) atoms. The number of phenolic OH excluding ortho intramolecular Hbond substituents is 1. The molecule has 0 saturated carbocycles. The monoisotopic (exact) mass is 349 g/mol. The van der Waals surface area contributed by atoms with E-state index in [2.05, 4.69) is 0 Å². The number of ether oxygens (including phenoxy) is 1. The van der Waals surface area contributed by atoms with Crippen molar-refractivity contribution in [3.8, 4) is 5.75 Å². The molecule has 6 heteroatoms. The summed E-state index contributed by atoms with van der Waals surface area (Å²) in [6.07, 6.45) is 1.72. The van der Waals surface area contributed by atoms with Gasteiger partial charge in [-0.2, -0.15) is 0 Å². The SMILES string of the molecule is Cn1cc(C(=O)OCc2cc(=O)oc3cc(O)ccc23)c2ccccc21. The maximum Gasteiger partial charge on any atom is 0.340 e. The van der Waals surface area contributed by atoms with E-state index < -0.39 is 11.6 Å². The third-order valence-corrected chi connectivity index (χ3v) is 4.29. The van der Waals surface area contributed by atoms with Gasteiger partial charge in [0.05, 0.1) is 5.56 Å².